The van der Waals surface area contributed by atoms with Crippen molar-refractivity contribution in [2.45, 2.75) is 17.1 Å². The zero-order valence-electron chi connectivity index (χ0n) is 7.49. The number of hydrogen-bond acceptors (Lipinski definition) is 3. The Morgan fingerprint density at radius 1 is 1.00 bits per heavy atom. The van der Waals surface area contributed by atoms with Crippen LogP contribution < -0.4 is 51.4 Å². The molecule has 0 unspecified atom stereocenters. The zero-order chi connectivity index (χ0) is 12.7. The molecular formula is C4H2F7KO3S. The maximum atomic E-state index is 12.2. The normalized spacial score (nSPS) is 14.5. The van der Waals surface area contributed by atoms with Crippen LogP contribution in [0.15, 0.2) is 0 Å². The first-order valence-corrected chi connectivity index (χ1v) is 4.37. The third-order valence-electron chi connectivity index (χ3n) is 1.31. The van der Waals surface area contributed by atoms with E-state index in [1.165, 1.54) is 0 Å². The molecule has 0 aliphatic heterocycles. The Balaban J connectivity index is 0. The third-order valence-corrected chi connectivity index (χ3v) is 2.19. The number of rotatable bonds is 4. The van der Waals surface area contributed by atoms with Crippen molar-refractivity contribution >= 4 is 10.1 Å². The second kappa shape index (κ2) is 5.36. The molecule has 0 fully saturated rings. The Labute approximate surface area is 128 Å². The number of hydrogen-bond donors (Lipinski definition) is 0. The van der Waals surface area contributed by atoms with E-state index in [9.17, 15) is 43.7 Å². The Morgan fingerprint density at radius 2 is 1.31 bits per heavy atom. The average Bonchev–Trinajstić information content (AvgIpc) is 2.01. The van der Waals surface area contributed by atoms with E-state index in [1.807, 2.05) is 0 Å². The number of halogens is 7. The van der Waals surface area contributed by atoms with Crippen molar-refractivity contribution in [3.05, 3.63) is 0 Å². The summed E-state index contributed by atoms with van der Waals surface area (Å²) in [6.45, 7) is -3.23. The Kier molecular flexibility index (Phi) is 6.50. The summed E-state index contributed by atoms with van der Waals surface area (Å²) in [5, 5.41) is -6.59. The predicted molar refractivity (Wildman–Crippen MR) is 30.5 cm³/mol. The first kappa shape index (κ1) is 19.4. The second-order valence-electron chi connectivity index (χ2n) is 2.38. The van der Waals surface area contributed by atoms with E-state index in [2.05, 4.69) is 0 Å². The molecule has 0 aromatic heterocycles. The zero-order valence-corrected chi connectivity index (χ0v) is 11.4. The van der Waals surface area contributed by atoms with Crippen LogP contribution in [-0.4, -0.2) is 36.7 Å². The van der Waals surface area contributed by atoms with Crippen LogP contribution in [0.3, 0.4) is 0 Å². The van der Waals surface area contributed by atoms with Gasteiger partial charge in [0.15, 0.2) is 16.8 Å². The van der Waals surface area contributed by atoms with Gasteiger partial charge in [0.05, 0.1) is 0 Å². The molecule has 16 heavy (non-hydrogen) atoms. The van der Waals surface area contributed by atoms with Crippen LogP contribution in [0.5, 0.6) is 0 Å². The molecule has 12 heteroatoms. The van der Waals surface area contributed by atoms with Gasteiger partial charge in [-0.15, -0.1) is 0 Å². The summed E-state index contributed by atoms with van der Waals surface area (Å²) in [4.78, 5) is 0. The van der Waals surface area contributed by atoms with E-state index in [4.69, 9.17) is 0 Å². The van der Waals surface area contributed by atoms with Gasteiger partial charge in [-0.25, -0.2) is 12.8 Å². The summed E-state index contributed by atoms with van der Waals surface area (Å²) < 4.78 is 113. The topological polar surface area (TPSA) is 57.2 Å². The molecule has 3 nitrogen and oxygen atoms in total. The van der Waals surface area contributed by atoms with Crippen molar-refractivity contribution in [3.8, 4) is 0 Å². The van der Waals surface area contributed by atoms with Gasteiger partial charge in [-0.2, -0.15) is 26.3 Å². The Morgan fingerprint density at radius 3 is 1.50 bits per heavy atom. The van der Waals surface area contributed by atoms with Gasteiger partial charge in [-0.1, -0.05) is 0 Å². The molecule has 0 heterocycles. The molecule has 0 atom stereocenters. The van der Waals surface area contributed by atoms with Crippen molar-refractivity contribution in [3.63, 3.8) is 0 Å². The van der Waals surface area contributed by atoms with Crippen molar-refractivity contribution in [2.24, 2.45) is 0 Å². The minimum absolute atomic E-state index is 0. The smallest absolute Gasteiger partial charge is 0.743 e. The van der Waals surface area contributed by atoms with Crippen LogP contribution >= 0.6 is 0 Å². The fourth-order valence-corrected chi connectivity index (χ4v) is 0.917. The molecule has 0 radical (unpaired) electrons. The molecule has 0 bridgehead atoms. The van der Waals surface area contributed by atoms with Gasteiger partial charge in [0.2, 0.25) is 0 Å². The quantitative estimate of drug-likeness (QED) is 0.356. The molecule has 0 aliphatic carbocycles. The van der Waals surface area contributed by atoms with Crippen molar-refractivity contribution < 1.29 is 95.1 Å². The maximum absolute atomic E-state index is 12.2. The molecule has 0 saturated heterocycles. The van der Waals surface area contributed by atoms with Crippen LogP contribution in [0.2, 0.25) is 0 Å². The van der Waals surface area contributed by atoms with Crippen molar-refractivity contribution in [1.29, 1.82) is 0 Å². The fourth-order valence-electron chi connectivity index (χ4n) is 0.454. The van der Waals surface area contributed by atoms with E-state index >= 15 is 0 Å². The third kappa shape index (κ3) is 3.08. The monoisotopic (exact) mass is 302 g/mol. The average molecular weight is 302 g/mol. The minimum atomic E-state index is -7.03. The molecule has 92 valence electrons. The van der Waals surface area contributed by atoms with Crippen LogP contribution in [-0.2, 0) is 10.1 Å². The largest absolute Gasteiger partial charge is 1.00 e. The van der Waals surface area contributed by atoms with Crippen LogP contribution in [0.25, 0.3) is 0 Å². The molecule has 0 amide bonds. The fraction of sp³-hybridized carbons (Fsp3) is 1.00. The van der Waals surface area contributed by atoms with E-state index in [1.54, 1.807) is 0 Å². The summed E-state index contributed by atoms with van der Waals surface area (Å²) in [5.74, 6) is -12.6. The molecule has 0 aromatic carbocycles. The van der Waals surface area contributed by atoms with E-state index in [0.29, 0.717) is 0 Å². The van der Waals surface area contributed by atoms with Crippen molar-refractivity contribution in [2.75, 3.05) is 6.67 Å². The molecule has 0 aromatic rings. The molecule has 0 rings (SSSR count). The standard InChI is InChI=1S/C4H3F7O3S.K/c5-1-2(6,7)3(8,9)4(10,11)15(12,13)14;/h1H2,(H,12,13,14);/q;+1/p-1. The molecule has 0 saturated carbocycles. The van der Waals surface area contributed by atoms with E-state index in [0.717, 1.165) is 0 Å². The van der Waals surface area contributed by atoms with Gasteiger partial charge in [-0.3, -0.25) is 0 Å². The second-order valence-corrected chi connectivity index (χ2v) is 3.80. The summed E-state index contributed by atoms with van der Waals surface area (Å²) in [6, 6.07) is 0. The number of alkyl halides is 7. The molecule has 0 spiro atoms. The van der Waals surface area contributed by atoms with E-state index in [-0.39, 0.29) is 51.4 Å². The maximum Gasteiger partial charge on any atom is 1.00 e. The van der Waals surface area contributed by atoms with Crippen LogP contribution in [0, 0.1) is 0 Å². The summed E-state index contributed by atoms with van der Waals surface area (Å²) >= 11 is 0. The van der Waals surface area contributed by atoms with Gasteiger partial charge in [0, 0.05) is 0 Å². The van der Waals surface area contributed by atoms with Gasteiger partial charge in [0.1, 0.15) is 0 Å². The Bertz CT molecular complexity index is 340. The van der Waals surface area contributed by atoms with Crippen molar-refractivity contribution in [1.82, 2.24) is 0 Å². The molecule has 0 N–H and O–H groups in total. The van der Waals surface area contributed by atoms with Gasteiger partial charge >= 0.3 is 68.5 Å². The van der Waals surface area contributed by atoms with Crippen LogP contribution in [0.4, 0.5) is 30.7 Å². The van der Waals surface area contributed by atoms with Crippen LogP contribution in [0.1, 0.15) is 0 Å². The molecular weight excluding hydrogens is 300 g/mol. The van der Waals surface area contributed by atoms with E-state index < -0.39 is 33.9 Å². The summed E-state index contributed by atoms with van der Waals surface area (Å²) in [6.07, 6.45) is 0. The first-order valence-electron chi connectivity index (χ1n) is 2.96. The SMILES string of the molecule is O=S(=O)([O-])C(F)(F)C(F)(F)C(F)(F)CF.[K+]. The Hall–Kier alpha value is 1.06. The summed E-state index contributed by atoms with van der Waals surface area (Å²) in [7, 11) is -7.03. The summed E-state index contributed by atoms with van der Waals surface area (Å²) in [5.41, 5.74) is 0. The first-order chi connectivity index (χ1) is 6.31. The van der Waals surface area contributed by atoms with Gasteiger partial charge in [-0.05, 0) is 0 Å². The minimum Gasteiger partial charge on any atom is -0.743 e. The van der Waals surface area contributed by atoms with Gasteiger partial charge < -0.3 is 4.55 Å². The predicted octanol–water partition coefficient (Wildman–Crippen LogP) is -1.63. The molecule has 0 aliphatic rings. The van der Waals surface area contributed by atoms with Gasteiger partial charge in [0.25, 0.3) is 0 Å².